The average molecular weight is 217 g/mol. The van der Waals surface area contributed by atoms with Gasteiger partial charge in [-0.3, -0.25) is 10.1 Å². The van der Waals surface area contributed by atoms with Gasteiger partial charge in [0, 0.05) is 11.8 Å². The first-order valence-corrected chi connectivity index (χ1v) is 3.64. The molecule has 0 amide bonds. The minimum absolute atomic E-state index is 0.505. The zero-order valence-corrected chi connectivity index (χ0v) is 7.04. The second-order valence-electron chi connectivity index (χ2n) is 1.86. The van der Waals surface area contributed by atoms with Gasteiger partial charge in [0.05, 0.1) is 9.53 Å². The predicted octanol–water partition coefficient (Wildman–Crippen LogP) is 2.02. The first kappa shape index (κ1) is 8.00. The maximum absolute atomic E-state index is 9.87. The predicted molar refractivity (Wildman–Crippen MR) is 44.5 cm³/mol. The summed E-state index contributed by atoms with van der Waals surface area (Å²) in [6, 6.07) is 3.52. The van der Waals surface area contributed by atoms with Crippen molar-refractivity contribution >= 4 is 22.0 Å². The highest BCUT2D eigenvalue weighted by Gasteiger charge is 1.92. The van der Waals surface area contributed by atoms with Crippen molar-refractivity contribution in [1.82, 2.24) is 4.98 Å². The molecular weight excluding hydrogens is 212 g/mol. The van der Waals surface area contributed by atoms with Crippen molar-refractivity contribution in [2.24, 2.45) is 0 Å². The van der Waals surface area contributed by atoms with Gasteiger partial charge in [0.15, 0.2) is 0 Å². The number of halogens is 1. The van der Waals surface area contributed by atoms with E-state index in [1.807, 2.05) is 0 Å². The van der Waals surface area contributed by atoms with Crippen LogP contribution in [0.1, 0.15) is 5.69 Å². The molecule has 1 N–H and O–H groups in total. The number of hydrogen-bond donors (Lipinski definition) is 1. The molecule has 0 unspecified atom stereocenters. The van der Waals surface area contributed by atoms with Gasteiger partial charge in [-0.15, -0.1) is 0 Å². The highest BCUT2D eigenvalue weighted by molar-refractivity contribution is 9.10. The van der Waals surface area contributed by atoms with Crippen LogP contribution in [0.3, 0.4) is 0 Å². The second-order valence-corrected chi connectivity index (χ2v) is 2.72. The molecule has 1 rings (SSSR count). The molecule has 0 fully saturated rings. The van der Waals surface area contributed by atoms with Gasteiger partial charge >= 0.3 is 0 Å². The van der Waals surface area contributed by atoms with Gasteiger partial charge in [-0.1, -0.05) is 0 Å². The van der Waals surface area contributed by atoms with Crippen LogP contribution in [0.4, 0.5) is 0 Å². The fourth-order valence-corrected chi connectivity index (χ4v) is 0.984. The molecule has 0 bridgehead atoms. The number of H-pyrrole nitrogens is 1. The second kappa shape index (κ2) is 3.34. The highest BCUT2D eigenvalue weighted by atomic mass is 79.9. The number of rotatable bonds is 2. The number of aromatic amines is 1. The van der Waals surface area contributed by atoms with Crippen molar-refractivity contribution in [3.63, 3.8) is 0 Å². The van der Waals surface area contributed by atoms with E-state index in [0.29, 0.717) is 5.69 Å². The summed E-state index contributed by atoms with van der Waals surface area (Å²) in [5.41, 5.74) is 0.702. The molecule has 0 aliphatic heterocycles. The van der Waals surface area contributed by atoms with E-state index in [1.165, 1.54) is 6.08 Å². The molecule has 1 aromatic heterocycles. The summed E-state index contributed by atoms with van der Waals surface area (Å²) in [6.45, 7) is 0. The van der Waals surface area contributed by atoms with Gasteiger partial charge in [0.2, 0.25) is 6.20 Å². The lowest BCUT2D eigenvalue weighted by atomic mass is 10.4. The highest BCUT2D eigenvalue weighted by Crippen LogP contribution is 2.09. The molecule has 0 aliphatic carbocycles. The van der Waals surface area contributed by atoms with Crippen molar-refractivity contribution in [1.29, 1.82) is 0 Å². The first-order chi connectivity index (χ1) is 5.18. The summed E-state index contributed by atoms with van der Waals surface area (Å²) < 4.78 is 0.806. The number of nitro groups is 1. The maximum atomic E-state index is 9.87. The van der Waals surface area contributed by atoms with Gasteiger partial charge in [-0.25, -0.2) is 0 Å². The Labute approximate surface area is 71.2 Å². The van der Waals surface area contributed by atoms with Crippen LogP contribution in [-0.4, -0.2) is 9.91 Å². The van der Waals surface area contributed by atoms with Crippen molar-refractivity contribution < 1.29 is 4.92 Å². The lowest BCUT2D eigenvalue weighted by Gasteiger charge is -1.81. The lowest BCUT2D eigenvalue weighted by molar-refractivity contribution is -0.401. The van der Waals surface area contributed by atoms with Crippen LogP contribution in [0.5, 0.6) is 0 Å². The lowest BCUT2D eigenvalue weighted by Crippen LogP contribution is -1.81. The Morgan fingerprint density at radius 2 is 2.36 bits per heavy atom. The summed E-state index contributed by atoms with van der Waals surface area (Å²) in [7, 11) is 0. The van der Waals surface area contributed by atoms with E-state index in [1.54, 1.807) is 12.1 Å². The van der Waals surface area contributed by atoms with E-state index >= 15 is 0 Å². The molecule has 0 aromatic carbocycles. The molecule has 0 saturated heterocycles. The number of nitrogens with zero attached hydrogens (tertiary/aromatic N) is 1. The molecule has 11 heavy (non-hydrogen) atoms. The van der Waals surface area contributed by atoms with Crippen LogP contribution < -0.4 is 0 Å². The number of aromatic nitrogens is 1. The Hall–Kier alpha value is -1.10. The molecular formula is C6H5BrN2O2. The third kappa shape index (κ3) is 2.55. The molecule has 0 radical (unpaired) electrons. The van der Waals surface area contributed by atoms with E-state index in [4.69, 9.17) is 0 Å². The first-order valence-electron chi connectivity index (χ1n) is 2.85. The largest absolute Gasteiger partial charge is 0.350 e. The summed E-state index contributed by atoms with van der Waals surface area (Å²) in [4.78, 5) is 12.2. The van der Waals surface area contributed by atoms with Crippen molar-refractivity contribution in [2.75, 3.05) is 0 Å². The Bertz CT molecular complexity index is 293. The zero-order chi connectivity index (χ0) is 8.27. The summed E-state index contributed by atoms with van der Waals surface area (Å²) >= 11 is 3.18. The Balaban J connectivity index is 2.71. The molecule has 1 heterocycles. The minimum atomic E-state index is -0.505. The SMILES string of the molecule is O=[N+]([O-])C=Cc1ccc(Br)[nH]1. The number of hydrogen-bond acceptors (Lipinski definition) is 2. The maximum Gasteiger partial charge on any atom is 0.236 e. The Morgan fingerprint density at radius 3 is 2.82 bits per heavy atom. The molecule has 4 nitrogen and oxygen atoms in total. The molecule has 0 atom stereocenters. The molecule has 0 spiro atoms. The summed E-state index contributed by atoms with van der Waals surface area (Å²) in [6.07, 6.45) is 2.28. The van der Waals surface area contributed by atoms with Crippen molar-refractivity contribution in [3.05, 3.63) is 38.7 Å². The van der Waals surface area contributed by atoms with Gasteiger partial charge in [-0.2, -0.15) is 0 Å². The minimum Gasteiger partial charge on any atom is -0.350 e. The van der Waals surface area contributed by atoms with Crippen LogP contribution in [0, 0.1) is 10.1 Å². The third-order valence-corrected chi connectivity index (χ3v) is 1.51. The summed E-state index contributed by atoms with van der Waals surface area (Å²) in [5.74, 6) is 0. The van der Waals surface area contributed by atoms with Crippen LogP contribution >= 0.6 is 15.9 Å². The van der Waals surface area contributed by atoms with E-state index in [0.717, 1.165) is 10.8 Å². The topological polar surface area (TPSA) is 58.9 Å². The normalized spacial score (nSPS) is 10.6. The smallest absolute Gasteiger partial charge is 0.236 e. The Morgan fingerprint density at radius 1 is 1.64 bits per heavy atom. The van der Waals surface area contributed by atoms with Crippen molar-refractivity contribution in [3.8, 4) is 0 Å². The monoisotopic (exact) mass is 216 g/mol. The Kier molecular flexibility index (Phi) is 2.43. The van der Waals surface area contributed by atoms with Crippen LogP contribution in [-0.2, 0) is 0 Å². The van der Waals surface area contributed by atoms with Gasteiger partial charge < -0.3 is 4.98 Å². The van der Waals surface area contributed by atoms with Crippen LogP contribution in [0.2, 0.25) is 0 Å². The quantitative estimate of drug-likeness (QED) is 0.608. The fraction of sp³-hybridized carbons (Fsp3) is 0. The molecule has 5 heteroatoms. The van der Waals surface area contributed by atoms with Crippen molar-refractivity contribution in [2.45, 2.75) is 0 Å². The summed E-state index contributed by atoms with van der Waals surface area (Å²) in [5, 5.41) is 9.87. The van der Waals surface area contributed by atoms with E-state index < -0.39 is 4.92 Å². The van der Waals surface area contributed by atoms with Gasteiger partial charge in [0.1, 0.15) is 0 Å². The molecule has 1 aromatic rings. The molecule has 0 aliphatic rings. The van der Waals surface area contributed by atoms with E-state index in [9.17, 15) is 10.1 Å². The van der Waals surface area contributed by atoms with Crippen LogP contribution in [0.15, 0.2) is 22.9 Å². The van der Waals surface area contributed by atoms with Crippen LogP contribution in [0.25, 0.3) is 6.08 Å². The third-order valence-electron chi connectivity index (χ3n) is 1.05. The van der Waals surface area contributed by atoms with E-state index in [2.05, 4.69) is 20.9 Å². The standard InChI is InChI=1S/C6H5BrN2O2/c7-6-2-1-5(8-6)3-4-9(10)11/h1-4,8H. The van der Waals surface area contributed by atoms with Gasteiger partial charge in [-0.05, 0) is 28.1 Å². The number of nitrogens with one attached hydrogen (secondary N) is 1. The molecule has 58 valence electrons. The fourth-order valence-electron chi connectivity index (χ4n) is 0.623. The van der Waals surface area contributed by atoms with Gasteiger partial charge in [0.25, 0.3) is 0 Å². The van der Waals surface area contributed by atoms with E-state index in [-0.39, 0.29) is 0 Å². The molecule has 0 saturated carbocycles. The zero-order valence-electron chi connectivity index (χ0n) is 5.45. The average Bonchev–Trinajstić information content (AvgIpc) is 2.31.